The van der Waals surface area contributed by atoms with Crippen LogP contribution in [0.2, 0.25) is 0 Å². The van der Waals surface area contributed by atoms with E-state index in [9.17, 15) is 14.4 Å². The molecular formula is C35H36NO5+. The average molecular weight is 551 g/mol. The van der Waals surface area contributed by atoms with Gasteiger partial charge in [0.25, 0.3) is 5.75 Å². The van der Waals surface area contributed by atoms with Crippen LogP contribution in [0.1, 0.15) is 106 Å². The molecule has 0 aliphatic heterocycles. The molecule has 0 atom stereocenters. The van der Waals surface area contributed by atoms with Crippen molar-refractivity contribution in [1.29, 1.82) is 0 Å². The van der Waals surface area contributed by atoms with E-state index >= 15 is 0 Å². The van der Waals surface area contributed by atoms with Gasteiger partial charge >= 0.3 is 5.97 Å². The number of ketones is 2. The summed E-state index contributed by atoms with van der Waals surface area (Å²) in [5, 5.41) is 9.54. The number of esters is 1. The lowest BCUT2D eigenvalue weighted by atomic mass is 9.78. The molecule has 6 heteroatoms. The van der Waals surface area contributed by atoms with Gasteiger partial charge in [0, 0.05) is 16.5 Å². The first-order valence-electron chi connectivity index (χ1n) is 13.8. The third-order valence-electron chi connectivity index (χ3n) is 7.83. The molecule has 6 nitrogen and oxygen atoms in total. The maximum absolute atomic E-state index is 13.6. The summed E-state index contributed by atoms with van der Waals surface area (Å²) >= 11 is 0. The molecule has 5 rings (SSSR count). The lowest BCUT2D eigenvalue weighted by Crippen LogP contribution is -2.20. The minimum absolute atomic E-state index is 0.238. The van der Waals surface area contributed by atoms with Crippen LogP contribution in [0.15, 0.2) is 54.6 Å². The van der Waals surface area contributed by atoms with E-state index in [4.69, 9.17) is 14.8 Å². The molecule has 0 saturated carbocycles. The zero-order valence-corrected chi connectivity index (χ0v) is 24.9. The second-order valence-electron chi connectivity index (χ2n) is 13.0. The first-order valence-corrected chi connectivity index (χ1v) is 13.8. The summed E-state index contributed by atoms with van der Waals surface area (Å²) in [6, 6.07) is 16.0. The predicted octanol–water partition coefficient (Wildman–Crippen LogP) is 7.27. The molecule has 1 aromatic heterocycles. The summed E-state index contributed by atoms with van der Waals surface area (Å²) in [5.41, 5.74) is 4.36. The standard InChI is InChI=1S/C35H35NO5/c1-18-12-13-19(2)27-26(18)31(38)28(32(27)39)24-15-14-20-10-9-11-25(29(20)36-24)41-33(40)21-16-22(34(3,4)5)30(37)23(17-21)35(6,7)8/h9-17,28,37H,1-8H3/p+1. The van der Waals surface area contributed by atoms with Crippen molar-refractivity contribution in [2.45, 2.75) is 72.1 Å². The number of hydrogen-bond acceptors (Lipinski definition) is 5. The Balaban J connectivity index is 1.56. The zero-order chi connectivity index (χ0) is 30.0. The van der Waals surface area contributed by atoms with E-state index in [1.807, 2.05) is 73.6 Å². The van der Waals surface area contributed by atoms with E-state index in [1.54, 1.807) is 36.4 Å². The van der Waals surface area contributed by atoms with Crippen LogP contribution in [0.5, 0.6) is 11.5 Å². The highest BCUT2D eigenvalue weighted by atomic mass is 16.5. The first-order chi connectivity index (χ1) is 19.1. The van der Waals surface area contributed by atoms with E-state index in [2.05, 4.69) is 0 Å². The number of Topliss-reactive ketones (excluding diaryl/α,β-unsaturated/α-hetero) is 2. The van der Waals surface area contributed by atoms with Gasteiger partial charge in [0.05, 0.1) is 22.4 Å². The third-order valence-corrected chi connectivity index (χ3v) is 7.83. The van der Waals surface area contributed by atoms with Crippen LogP contribution >= 0.6 is 0 Å². The first kappa shape index (κ1) is 28.2. The van der Waals surface area contributed by atoms with Gasteiger partial charge in [-0.3, -0.25) is 9.59 Å². The SMILES string of the molecule is Cc1ccc(C)c2c1C(=O)C(c1ccc3cccc(OC(=O)c4cc(C(C)(C)C)c([OH2+])c(C(C)(C)C)c4)c3n1)C2=O. The Labute approximate surface area is 240 Å². The highest BCUT2D eigenvalue weighted by Gasteiger charge is 2.42. The maximum Gasteiger partial charge on any atom is 0.343 e. The fourth-order valence-corrected chi connectivity index (χ4v) is 5.60. The van der Waals surface area contributed by atoms with Crippen LogP contribution in [0, 0.1) is 13.8 Å². The van der Waals surface area contributed by atoms with Crippen molar-refractivity contribution in [3.8, 4) is 11.5 Å². The van der Waals surface area contributed by atoms with Crippen molar-refractivity contribution in [3.63, 3.8) is 0 Å². The highest BCUT2D eigenvalue weighted by molar-refractivity contribution is 6.30. The summed E-state index contributed by atoms with van der Waals surface area (Å²) in [7, 11) is 0. The van der Waals surface area contributed by atoms with Gasteiger partial charge in [-0.15, -0.1) is 0 Å². The van der Waals surface area contributed by atoms with Crippen molar-refractivity contribution < 1.29 is 24.2 Å². The number of fused-ring (bicyclic) bond motifs is 2. The van der Waals surface area contributed by atoms with Gasteiger partial charge in [0.1, 0.15) is 11.4 Å². The molecule has 0 amide bonds. The van der Waals surface area contributed by atoms with Crippen molar-refractivity contribution in [3.05, 3.63) is 99.2 Å². The zero-order valence-electron chi connectivity index (χ0n) is 24.9. The van der Waals surface area contributed by atoms with Crippen LogP contribution < -0.4 is 4.74 Å². The van der Waals surface area contributed by atoms with Crippen LogP contribution in [0.3, 0.4) is 0 Å². The topological polar surface area (TPSA) is 96.2 Å². The predicted molar refractivity (Wildman–Crippen MR) is 161 cm³/mol. The molecule has 0 fully saturated rings. The Morgan fingerprint density at radius 3 is 1.85 bits per heavy atom. The second kappa shape index (κ2) is 9.65. The summed E-state index contributed by atoms with van der Waals surface area (Å²) in [6.45, 7) is 15.8. The van der Waals surface area contributed by atoms with Crippen LogP contribution in [-0.2, 0) is 10.8 Å². The number of carbonyl (C=O) groups is 3. The fraction of sp³-hybridized carbons (Fsp3) is 0.314. The van der Waals surface area contributed by atoms with E-state index in [0.29, 0.717) is 39.0 Å². The Bertz CT molecular complexity index is 1690. The smallest absolute Gasteiger partial charge is 0.343 e. The Morgan fingerprint density at radius 2 is 1.34 bits per heavy atom. The van der Waals surface area contributed by atoms with Crippen molar-refractivity contribution >= 4 is 28.4 Å². The molecule has 210 valence electrons. The van der Waals surface area contributed by atoms with E-state index < -0.39 is 11.9 Å². The van der Waals surface area contributed by atoms with E-state index in [1.165, 1.54) is 0 Å². The van der Waals surface area contributed by atoms with Crippen LogP contribution in [0.4, 0.5) is 0 Å². The minimum atomic E-state index is -1.04. The van der Waals surface area contributed by atoms with Gasteiger partial charge in [-0.05, 0) is 60.1 Å². The van der Waals surface area contributed by atoms with Gasteiger partial charge in [0.2, 0.25) is 0 Å². The summed E-state index contributed by atoms with van der Waals surface area (Å²) in [6.07, 6.45) is 0. The molecule has 1 heterocycles. The Hall–Kier alpha value is -4.32. The summed E-state index contributed by atoms with van der Waals surface area (Å²) in [5.74, 6) is -1.45. The molecule has 2 N–H and O–H groups in total. The van der Waals surface area contributed by atoms with Crippen molar-refractivity contribution in [2.24, 2.45) is 0 Å². The molecule has 0 saturated heterocycles. The number of aromatic nitrogens is 1. The quantitative estimate of drug-likeness (QED) is 0.116. The molecule has 0 bridgehead atoms. The maximum atomic E-state index is 13.6. The lowest BCUT2D eigenvalue weighted by Gasteiger charge is -2.25. The second-order valence-corrected chi connectivity index (χ2v) is 13.0. The number of rotatable bonds is 3. The number of hydrogen-bond donors (Lipinski definition) is 0. The number of aryl methyl sites for hydroxylation is 2. The minimum Gasteiger partial charge on any atom is -0.593 e. The Kier molecular flexibility index (Phi) is 6.64. The highest BCUT2D eigenvalue weighted by Crippen LogP contribution is 2.41. The van der Waals surface area contributed by atoms with E-state index in [-0.39, 0.29) is 28.1 Å². The molecule has 1 aliphatic carbocycles. The summed E-state index contributed by atoms with van der Waals surface area (Å²) < 4.78 is 5.93. The van der Waals surface area contributed by atoms with Crippen LogP contribution in [-0.4, -0.2) is 27.6 Å². The van der Waals surface area contributed by atoms with Crippen molar-refractivity contribution in [2.75, 3.05) is 0 Å². The molecule has 1 aliphatic rings. The van der Waals surface area contributed by atoms with Gasteiger partial charge < -0.3 is 9.84 Å². The van der Waals surface area contributed by atoms with Gasteiger partial charge in [-0.2, -0.15) is 0 Å². The molecule has 3 aromatic carbocycles. The number of benzene rings is 3. The third kappa shape index (κ3) is 4.82. The van der Waals surface area contributed by atoms with E-state index in [0.717, 1.165) is 22.3 Å². The molecule has 41 heavy (non-hydrogen) atoms. The number of para-hydroxylation sites is 1. The monoisotopic (exact) mass is 550 g/mol. The molecule has 0 spiro atoms. The number of carbonyl (C=O) groups excluding carboxylic acids is 3. The number of pyridine rings is 1. The normalized spacial score (nSPS) is 14.0. The number of ether oxygens (including phenoxy) is 1. The molecule has 0 radical (unpaired) electrons. The lowest BCUT2D eigenvalue weighted by molar-refractivity contribution is 0.0735. The number of nitrogens with zero attached hydrogens (tertiary/aromatic N) is 1. The largest absolute Gasteiger partial charge is 0.593 e. The molecule has 4 aromatic rings. The van der Waals surface area contributed by atoms with Crippen molar-refractivity contribution in [1.82, 2.24) is 4.98 Å². The Morgan fingerprint density at radius 1 is 0.805 bits per heavy atom. The van der Waals surface area contributed by atoms with Crippen LogP contribution in [0.25, 0.3) is 10.9 Å². The van der Waals surface area contributed by atoms with Gasteiger partial charge in [-0.25, -0.2) is 9.78 Å². The molecule has 0 unspecified atom stereocenters. The average Bonchev–Trinajstić information content (AvgIpc) is 3.16. The fourth-order valence-electron chi connectivity index (χ4n) is 5.60. The van der Waals surface area contributed by atoms with Gasteiger partial charge in [-0.1, -0.05) is 71.9 Å². The summed E-state index contributed by atoms with van der Waals surface area (Å²) in [4.78, 5) is 45.2. The molecular weight excluding hydrogens is 514 g/mol. The van der Waals surface area contributed by atoms with Gasteiger partial charge in [0.15, 0.2) is 17.3 Å².